The normalized spacial score (nSPS) is 12.6. The molecule has 0 radical (unpaired) electrons. The molecule has 32 heavy (non-hydrogen) atoms. The summed E-state index contributed by atoms with van der Waals surface area (Å²) < 4.78 is 0. The molecule has 4 amide bonds. The summed E-state index contributed by atoms with van der Waals surface area (Å²) in [5.41, 5.74) is 1.74. The Hall–Kier alpha value is -3.19. The minimum Gasteiger partial charge on any atom is -0.341 e. The van der Waals surface area contributed by atoms with Crippen LogP contribution in [-0.2, 0) is 11.3 Å². The predicted molar refractivity (Wildman–Crippen MR) is 130 cm³/mol. The summed E-state index contributed by atoms with van der Waals surface area (Å²) in [4.78, 5) is 38.0. The number of nitrogens with zero attached hydrogens (tertiary/aromatic N) is 2. The van der Waals surface area contributed by atoms with Crippen LogP contribution >= 0.6 is 0 Å². The Morgan fingerprint density at radius 3 is 1.75 bits per heavy atom. The van der Waals surface area contributed by atoms with Crippen molar-refractivity contribution in [2.24, 2.45) is 0 Å². The number of carbonyl (C=O) groups excluding carboxylic acids is 3. The van der Waals surface area contributed by atoms with Crippen molar-refractivity contribution in [2.45, 2.75) is 34.2 Å². The van der Waals surface area contributed by atoms with Crippen LogP contribution < -0.4 is 10.6 Å². The molecule has 0 bridgehead atoms. The van der Waals surface area contributed by atoms with Crippen molar-refractivity contribution in [2.75, 3.05) is 33.7 Å². The lowest BCUT2D eigenvalue weighted by atomic mass is 10.1. The summed E-state index contributed by atoms with van der Waals surface area (Å²) in [5, 5.41) is 4.73. The van der Waals surface area contributed by atoms with Gasteiger partial charge < -0.3 is 10.6 Å². The maximum Gasteiger partial charge on any atom is 0.314 e. The molecule has 2 N–H and O–H groups in total. The molecule has 1 fully saturated rings. The van der Waals surface area contributed by atoms with Crippen LogP contribution in [-0.4, -0.2) is 61.4 Å². The molecular weight excluding hydrogens is 404 g/mol. The maximum absolute atomic E-state index is 12.4. The van der Waals surface area contributed by atoms with Crippen molar-refractivity contribution in [1.29, 1.82) is 0 Å². The maximum atomic E-state index is 12.4. The average molecular weight is 443 g/mol. The number of piperazine rings is 1. The molecule has 7 heteroatoms. The van der Waals surface area contributed by atoms with Crippen LogP contribution in [0.15, 0.2) is 60.7 Å². The third kappa shape index (κ3) is 10.2. The summed E-state index contributed by atoms with van der Waals surface area (Å²) in [6, 6.07) is 18.9. The lowest BCUT2D eigenvalue weighted by Crippen LogP contribution is -2.52. The highest BCUT2D eigenvalue weighted by Gasteiger charge is 2.29. The molecule has 1 heterocycles. The Balaban J connectivity index is 0.000000824. The van der Waals surface area contributed by atoms with E-state index in [2.05, 4.69) is 15.5 Å². The van der Waals surface area contributed by atoms with E-state index in [1.165, 1.54) is 10.5 Å². The molecule has 0 aliphatic carbocycles. The van der Waals surface area contributed by atoms with Gasteiger partial charge in [-0.2, -0.15) is 0 Å². The molecule has 0 aromatic heterocycles. The predicted octanol–water partition coefficient (Wildman–Crippen LogP) is 3.77. The quantitative estimate of drug-likeness (QED) is 0.709. The number of hydrogen-bond acceptors (Lipinski definition) is 4. The summed E-state index contributed by atoms with van der Waals surface area (Å²) in [7, 11) is 3.14. The highest BCUT2D eigenvalue weighted by Crippen LogP contribution is 2.12. The Labute approximate surface area is 192 Å². The summed E-state index contributed by atoms with van der Waals surface area (Å²) in [6.07, 6.45) is 0. The molecule has 1 saturated heterocycles. The number of carbonyl (C=O) groups is 3. The van der Waals surface area contributed by atoms with Gasteiger partial charge in [-0.25, -0.2) is 4.79 Å². The first-order valence-electron chi connectivity index (χ1n) is 11.1. The van der Waals surface area contributed by atoms with E-state index in [0.717, 1.165) is 6.54 Å². The van der Waals surface area contributed by atoms with Crippen LogP contribution in [0.4, 0.5) is 4.79 Å². The molecule has 0 atom stereocenters. The van der Waals surface area contributed by atoms with Crippen LogP contribution in [0.25, 0.3) is 0 Å². The van der Waals surface area contributed by atoms with Gasteiger partial charge in [0.2, 0.25) is 5.91 Å². The zero-order chi connectivity index (χ0) is 24.4. The van der Waals surface area contributed by atoms with Crippen molar-refractivity contribution >= 4 is 17.8 Å². The lowest BCUT2D eigenvalue weighted by Gasteiger charge is -2.33. The minimum absolute atomic E-state index is 0.129. The SMILES string of the molecule is CC.CC.CNC(=O)NC.O=C1CN(Cc2ccccc2)CCN1C(=O)c1ccccc1. The topological polar surface area (TPSA) is 81.8 Å². The van der Waals surface area contributed by atoms with Crippen molar-refractivity contribution in [3.8, 4) is 0 Å². The average Bonchev–Trinajstić information content (AvgIpc) is 2.87. The van der Waals surface area contributed by atoms with E-state index in [9.17, 15) is 14.4 Å². The van der Waals surface area contributed by atoms with E-state index in [0.29, 0.717) is 18.7 Å². The summed E-state index contributed by atoms with van der Waals surface area (Å²) in [5.74, 6) is -0.332. The molecule has 2 aromatic rings. The number of imide groups is 1. The van der Waals surface area contributed by atoms with Crippen molar-refractivity contribution in [3.05, 3.63) is 71.8 Å². The van der Waals surface area contributed by atoms with Gasteiger partial charge in [-0.05, 0) is 17.7 Å². The third-order valence-electron chi connectivity index (χ3n) is 4.27. The van der Waals surface area contributed by atoms with Gasteiger partial charge in [0.15, 0.2) is 0 Å². The highest BCUT2D eigenvalue weighted by atomic mass is 16.2. The second-order valence-electron chi connectivity index (χ2n) is 6.24. The number of nitrogens with one attached hydrogen (secondary N) is 2. The van der Waals surface area contributed by atoms with Crippen LogP contribution in [0.2, 0.25) is 0 Å². The molecule has 176 valence electrons. The second kappa shape index (κ2) is 17.5. The molecule has 7 nitrogen and oxygen atoms in total. The minimum atomic E-state index is -0.204. The molecular formula is C25H38N4O3. The number of hydrogen-bond donors (Lipinski definition) is 2. The molecule has 1 aliphatic rings. The van der Waals surface area contributed by atoms with Gasteiger partial charge in [0, 0.05) is 39.3 Å². The molecule has 2 aromatic carbocycles. The van der Waals surface area contributed by atoms with E-state index in [-0.39, 0.29) is 24.4 Å². The Morgan fingerprint density at radius 2 is 1.31 bits per heavy atom. The van der Waals surface area contributed by atoms with E-state index in [1.807, 2.05) is 76.2 Å². The van der Waals surface area contributed by atoms with Gasteiger partial charge >= 0.3 is 6.03 Å². The van der Waals surface area contributed by atoms with Crippen LogP contribution in [0.1, 0.15) is 43.6 Å². The number of amides is 4. The fourth-order valence-corrected chi connectivity index (χ4v) is 2.77. The van der Waals surface area contributed by atoms with Gasteiger partial charge in [0.1, 0.15) is 0 Å². The lowest BCUT2D eigenvalue weighted by molar-refractivity contribution is -0.133. The standard InChI is InChI=1S/C18H18N2O2.C3H8N2O.2C2H6/c21-17-14-19(13-15-7-3-1-4-8-15)11-12-20(17)18(22)16-9-5-2-6-10-16;1-4-3(6)5-2;2*1-2/h1-10H,11-14H2;1-2H3,(H2,4,5,6);2*1-2H3. The van der Waals surface area contributed by atoms with Gasteiger partial charge in [-0.3, -0.25) is 19.4 Å². The van der Waals surface area contributed by atoms with Gasteiger partial charge in [-0.15, -0.1) is 0 Å². The van der Waals surface area contributed by atoms with Gasteiger partial charge in [-0.1, -0.05) is 76.2 Å². The second-order valence-corrected chi connectivity index (χ2v) is 6.24. The van der Waals surface area contributed by atoms with E-state index >= 15 is 0 Å². The van der Waals surface area contributed by atoms with Crippen LogP contribution in [0.5, 0.6) is 0 Å². The number of rotatable bonds is 3. The fourth-order valence-electron chi connectivity index (χ4n) is 2.77. The van der Waals surface area contributed by atoms with Gasteiger partial charge in [0.25, 0.3) is 5.91 Å². The molecule has 1 aliphatic heterocycles. The first-order valence-corrected chi connectivity index (χ1v) is 11.1. The monoisotopic (exact) mass is 442 g/mol. The molecule has 0 unspecified atom stereocenters. The largest absolute Gasteiger partial charge is 0.341 e. The Morgan fingerprint density at radius 1 is 0.812 bits per heavy atom. The summed E-state index contributed by atoms with van der Waals surface area (Å²) >= 11 is 0. The highest BCUT2D eigenvalue weighted by molar-refractivity contribution is 6.05. The third-order valence-corrected chi connectivity index (χ3v) is 4.27. The van der Waals surface area contributed by atoms with Crippen molar-refractivity contribution < 1.29 is 14.4 Å². The van der Waals surface area contributed by atoms with E-state index in [1.54, 1.807) is 26.2 Å². The molecule has 0 saturated carbocycles. The fraction of sp³-hybridized carbons (Fsp3) is 0.400. The van der Waals surface area contributed by atoms with Crippen molar-refractivity contribution in [3.63, 3.8) is 0 Å². The van der Waals surface area contributed by atoms with Crippen molar-refractivity contribution in [1.82, 2.24) is 20.4 Å². The van der Waals surface area contributed by atoms with Crippen LogP contribution in [0.3, 0.4) is 0 Å². The first kappa shape index (κ1) is 28.8. The van der Waals surface area contributed by atoms with E-state index < -0.39 is 0 Å². The molecule has 0 spiro atoms. The van der Waals surface area contributed by atoms with Crippen LogP contribution in [0, 0.1) is 0 Å². The van der Waals surface area contributed by atoms with Gasteiger partial charge in [0.05, 0.1) is 6.54 Å². The first-order chi connectivity index (χ1) is 15.5. The Bertz CT molecular complexity index is 776. The number of urea groups is 1. The Kier molecular flexibility index (Phi) is 15.7. The van der Waals surface area contributed by atoms with E-state index in [4.69, 9.17) is 0 Å². The molecule has 3 rings (SSSR count). The smallest absolute Gasteiger partial charge is 0.314 e. The zero-order valence-electron chi connectivity index (χ0n) is 20.2. The number of benzene rings is 2. The zero-order valence-corrected chi connectivity index (χ0v) is 20.2. The summed E-state index contributed by atoms with van der Waals surface area (Å²) in [6.45, 7) is 10.2.